The highest BCUT2D eigenvalue weighted by Crippen LogP contribution is 2.38. The number of rotatable bonds is 4. The van der Waals surface area contributed by atoms with E-state index in [2.05, 4.69) is 40.2 Å². The lowest BCUT2D eigenvalue weighted by atomic mass is 9.96. The Balaban J connectivity index is 1.71. The highest BCUT2D eigenvalue weighted by Gasteiger charge is 2.43. The molecule has 0 aromatic carbocycles. The van der Waals surface area contributed by atoms with Gasteiger partial charge in [-0.3, -0.25) is 9.78 Å². The lowest BCUT2D eigenvalue weighted by Crippen LogP contribution is -2.15. The Morgan fingerprint density at radius 1 is 1.36 bits per heavy atom. The Hall–Kier alpha value is -3.53. The second-order valence-corrected chi connectivity index (χ2v) is 7.37. The molecule has 1 fully saturated rings. The maximum absolute atomic E-state index is 12.2. The van der Waals surface area contributed by atoms with Gasteiger partial charge in [-0.25, -0.2) is 9.97 Å². The Labute approximate surface area is 162 Å². The molecule has 3 N–H and O–H groups in total. The van der Waals surface area contributed by atoms with Crippen LogP contribution in [0.1, 0.15) is 31.7 Å². The first-order chi connectivity index (χ1) is 13.5. The average molecular weight is 372 g/mol. The zero-order chi connectivity index (χ0) is 19.8. The van der Waals surface area contributed by atoms with Gasteiger partial charge in [-0.1, -0.05) is 13.8 Å². The molecule has 1 aliphatic rings. The molecule has 1 aliphatic carbocycles. The normalized spacial score (nSPS) is 18.1. The predicted octanol–water partition coefficient (Wildman–Crippen LogP) is 3.50. The number of hydrogen-bond acceptors (Lipinski definition) is 6. The SMILES string of the molecule is CC(C)c1ccncc1-c1cc2cc(NC(=O)[C@H]3C[C@@H]3C#N)ncc2c(N)n1. The summed E-state index contributed by atoms with van der Waals surface area (Å²) in [6.45, 7) is 4.24. The third-order valence-electron chi connectivity index (χ3n) is 5.04. The molecular weight excluding hydrogens is 352 g/mol. The number of pyridine rings is 3. The molecule has 7 nitrogen and oxygen atoms in total. The van der Waals surface area contributed by atoms with Gasteiger partial charge in [0.15, 0.2) is 0 Å². The molecule has 0 bridgehead atoms. The smallest absolute Gasteiger partial charge is 0.230 e. The maximum Gasteiger partial charge on any atom is 0.230 e. The van der Waals surface area contributed by atoms with Gasteiger partial charge in [0.1, 0.15) is 11.6 Å². The number of anilines is 2. The van der Waals surface area contributed by atoms with Crippen LogP contribution in [0.15, 0.2) is 36.8 Å². The van der Waals surface area contributed by atoms with Crippen molar-refractivity contribution in [3.05, 3.63) is 42.4 Å². The van der Waals surface area contributed by atoms with Crippen LogP contribution in [-0.4, -0.2) is 20.9 Å². The first-order valence-corrected chi connectivity index (χ1v) is 9.19. The molecule has 4 rings (SSSR count). The maximum atomic E-state index is 12.2. The van der Waals surface area contributed by atoms with E-state index in [0.29, 0.717) is 24.0 Å². The van der Waals surface area contributed by atoms with Crippen molar-refractivity contribution >= 4 is 28.3 Å². The van der Waals surface area contributed by atoms with Crippen molar-refractivity contribution < 1.29 is 4.79 Å². The molecule has 0 spiro atoms. The zero-order valence-corrected chi connectivity index (χ0v) is 15.7. The topological polar surface area (TPSA) is 118 Å². The highest BCUT2D eigenvalue weighted by atomic mass is 16.2. The first kappa shape index (κ1) is 17.9. The van der Waals surface area contributed by atoms with E-state index in [9.17, 15) is 4.79 Å². The van der Waals surface area contributed by atoms with E-state index in [-0.39, 0.29) is 17.7 Å². The van der Waals surface area contributed by atoms with E-state index in [1.807, 2.05) is 12.1 Å². The Morgan fingerprint density at radius 2 is 2.18 bits per heavy atom. The van der Waals surface area contributed by atoms with Crippen LogP contribution in [0.5, 0.6) is 0 Å². The van der Waals surface area contributed by atoms with Gasteiger partial charge in [-0.15, -0.1) is 0 Å². The van der Waals surface area contributed by atoms with E-state index in [0.717, 1.165) is 27.6 Å². The Bertz CT molecular complexity index is 1120. The van der Waals surface area contributed by atoms with Crippen LogP contribution >= 0.6 is 0 Å². The summed E-state index contributed by atoms with van der Waals surface area (Å²) >= 11 is 0. The molecule has 3 heterocycles. The van der Waals surface area contributed by atoms with Crippen LogP contribution in [0, 0.1) is 23.2 Å². The van der Waals surface area contributed by atoms with E-state index in [4.69, 9.17) is 11.0 Å². The molecule has 3 aromatic heterocycles. The Kier molecular flexibility index (Phi) is 4.40. The summed E-state index contributed by atoms with van der Waals surface area (Å²) in [5.41, 5.74) is 8.98. The molecule has 28 heavy (non-hydrogen) atoms. The number of nitrogens with zero attached hydrogens (tertiary/aromatic N) is 4. The monoisotopic (exact) mass is 372 g/mol. The number of carbonyl (C=O) groups excluding carboxylic acids is 1. The quantitative estimate of drug-likeness (QED) is 0.724. The number of fused-ring (bicyclic) bond motifs is 1. The van der Waals surface area contributed by atoms with Crippen molar-refractivity contribution in [3.63, 3.8) is 0 Å². The van der Waals surface area contributed by atoms with Crippen molar-refractivity contribution in [1.82, 2.24) is 15.0 Å². The van der Waals surface area contributed by atoms with Crippen LogP contribution in [0.3, 0.4) is 0 Å². The van der Waals surface area contributed by atoms with E-state index in [1.165, 1.54) is 0 Å². The van der Waals surface area contributed by atoms with Crippen molar-refractivity contribution in [2.75, 3.05) is 11.1 Å². The highest BCUT2D eigenvalue weighted by molar-refractivity contribution is 5.98. The number of carbonyl (C=O) groups is 1. The predicted molar refractivity (Wildman–Crippen MR) is 107 cm³/mol. The van der Waals surface area contributed by atoms with Crippen molar-refractivity contribution in [2.24, 2.45) is 11.8 Å². The Morgan fingerprint density at radius 3 is 2.89 bits per heavy atom. The summed E-state index contributed by atoms with van der Waals surface area (Å²) in [6, 6.07) is 7.82. The fraction of sp³-hybridized carbons (Fsp3) is 0.286. The molecule has 2 atom stereocenters. The molecule has 3 aromatic rings. The number of nitrogens with one attached hydrogen (secondary N) is 1. The number of nitriles is 1. The minimum Gasteiger partial charge on any atom is -0.383 e. The van der Waals surface area contributed by atoms with Crippen LogP contribution in [0.2, 0.25) is 0 Å². The van der Waals surface area contributed by atoms with E-state index in [1.54, 1.807) is 24.7 Å². The van der Waals surface area contributed by atoms with Crippen LogP contribution in [-0.2, 0) is 4.79 Å². The second-order valence-electron chi connectivity index (χ2n) is 7.37. The average Bonchev–Trinajstić information content (AvgIpc) is 3.47. The van der Waals surface area contributed by atoms with Gasteiger partial charge in [0.05, 0.1) is 23.6 Å². The van der Waals surface area contributed by atoms with Gasteiger partial charge in [0.25, 0.3) is 0 Å². The molecule has 0 aliphatic heterocycles. The number of aromatic nitrogens is 3. The summed E-state index contributed by atoms with van der Waals surface area (Å²) in [6.07, 6.45) is 5.78. The minimum absolute atomic E-state index is 0.171. The van der Waals surface area contributed by atoms with Crippen molar-refractivity contribution in [2.45, 2.75) is 26.2 Å². The molecule has 7 heteroatoms. The second kappa shape index (κ2) is 6.89. The number of hydrogen-bond donors (Lipinski definition) is 2. The van der Waals surface area contributed by atoms with Crippen LogP contribution in [0.25, 0.3) is 22.0 Å². The lowest BCUT2D eigenvalue weighted by Gasteiger charge is -2.13. The largest absolute Gasteiger partial charge is 0.383 e. The number of nitrogen functional groups attached to an aromatic ring is 1. The molecule has 0 saturated heterocycles. The fourth-order valence-corrected chi connectivity index (χ4v) is 3.35. The minimum atomic E-state index is -0.246. The number of amides is 1. The summed E-state index contributed by atoms with van der Waals surface area (Å²) in [4.78, 5) is 25.3. The summed E-state index contributed by atoms with van der Waals surface area (Å²) in [7, 11) is 0. The summed E-state index contributed by atoms with van der Waals surface area (Å²) in [5.74, 6) is 0.526. The molecular formula is C21H20N6O. The van der Waals surface area contributed by atoms with Gasteiger partial charge >= 0.3 is 0 Å². The molecule has 0 radical (unpaired) electrons. The standard InChI is InChI=1S/C21H20N6O/c1-11(2)14-3-4-24-9-17(14)18-6-12-7-19(25-10-16(12)20(23)26-18)27-21(28)15-5-13(15)8-22/h3-4,6-7,9-11,13,15H,5H2,1-2H3,(H2,23,26)(H,25,27,28)/t13-,15+/m1/s1. The van der Waals surface area contributed by atoms with Crippen molar-refractivity contribution in [1.29, 1.82) is 5.26 Å². The van der Waals surface area contributed by atoms with Crippen LogP contribution < -0.4 is 11.1 Å². The van der Waals surface area contributed by atoms with Gasteiger partial charge in [-0.05, 0) is 41.5 Å². The summed E-state index contributed by atoms with van der Waals surface area (Å²) < 4.78 is 0. The molecule has 0 unspecified atom stereocenters. The van der Waals surface area contributed by atoms with Gasteiger partial charge < -0.3 is 11.1 Å². The molecule has 140 valence electrons. The first-order valence-electron chi connectivity index (χ1n) is 9.19. The van der Waals surface area contributed by atoms with Gasteiger partial charge in [0.2, 0.25) is 5.91 Å². The molecule has 1 saturated carbocycles. The van der Waals surface area contributed by atoms with Gasteiger partial charge in [0, 0.05) is 29.5 Å². The third kappa shape index (κ3) is 3.25. The zero-order valence-electron chi connectivity index (χ0n) is 15.7. The summed E-state index contributed by atoms with van der Waals surface area (Å²) in [5, 5.41) is 13.2. The van der Waals surface area contributed by atoms with Crippen molar-refractivity contribution in [3.8, 4) is 17.3 Å². The fourth-order valence-electron chi connectivity index (χ4n) is 3.35. The van der Waals surface area contributed by atoms with Crippen LogP contribution in [0.4, 0.5) is 11.6 Å². The lowest BCUT2D eigenvalue weighted by molar-refractivity contribution is -0.117. The molecule has 1 amide bonds. The van der Waals surface area contributed by atoms with Gasteiger partial charge in [-0.2, -0.15) is 5.26 Å². The van der Waals surface area contributed by atoms with E-state index < -0.39 is 0 Å². The number of nitrogens with two attached hydrogens (primary N) is 1. The third-order valence-corrected chi connectivity index (χ3v) is 5.04. The van der Waals surface area contributed by atoms with E-state index >= 15 is 0 Å².